The largest absolute Gasteiger partial charge is 0.314 e. The van der Waals surface area contributed by atoms with E-state index < -0.39 is 0 Å². The van der Waals surface area contributed by atoms with Gasteiger partial charge in [0.1, 0.15) is 0 Å². The molecule has 3 heteroatoms. The highest BCUT2D eigenvalue weighted by Gasteiger charge is 2.16. The summed E-state index contributed by atoms with van der Waals surface area (Å²) in [7, 11) is 0. The molecule has 0 aliphatic rings. The zero-order valence-corrected chi connectivity index (χ0v) is 12.4. The Balaban J connectivity index is 2.65. The molecule has 0 saturated carbocycles. The van der Waals surface area contributed by atoms with Crippen LogP contribution >= 0.6 is 23.4 Å². The summed E-state index contributed by atoms with van der Waals surface area (Å²) in [5, 5.41) is 4.41. The molecule has 1 rings (SSSR count). The van der Waals surface area contributed by atoms with E-state index in [1.165, 1.54) is 11.3 Å². The Morgan fingerprint density at radius 1 is 1.41 bits per heavy atom. The summed E-state index contributed by atoms with van der Waals surface area (Å²) in [5.41, 5.74) is 1.32. The Morgan fingerprint density at radius 2 is 2.18 bits per heavy atom. The summed E-state index contributed by atoms with van der Waals surface area (Å²) in [6.45, 7) is 5.50. The fourth-order valence-corrected chi connectivity index (χ4v) is 3.00. The lowest BCUT2D eigenvalue weighted by Gasteiger charge is -2.24. The van der Waals surface area contributed by atoms with E-state index in [9.17, 15) is 0 Å². The molecule has 96 valence electrons. The van der Waals surface area contributed by atoms with E-state index >= 15 is 0 Å². The van der Waals surface area contributed by atoms with Crippen molar-refractivity contribution in [1.82, 2.24) is 5.32 Å². The van der Waals surface area contributed by atoms with Crippen LogP contribution < -0.4 is 5.32 Å². The second-order valence-corrected chi connectivity index (χ2v) is 5.78. The highest BCUT2D eigenvalue weighted by Crippen LogP contribution is 2.17. The smallest absolute Gasteiger partial charge is 0.0408 e. The number of hydrogen-bond acceptors (Lipinski definition) is 2. The quantitative estimate of drug-likeness (QED) is 0.808. The van der Waals surface area contributed by atoms with Crippen LogP contribution in [-0.2, 0) is 6.42 Å². The predicted octanol–water partition coefficient (Wildman–Crippen LogP) is 3.86. The van der Waals surface area contributed by atoms with Crippen molar-refractivity contribution in [1.29, 1.82) is 0 Å². The van der Waals surface area contributed by atoms with Crippen LogP contribution in [0.25, 0.3) is 0 Å². The van der Waals surface area contributed by atoms with Crippen molar-refractivity contribution in [3.8, 4) is 0 Å². The van der Waals surface area contributed by atoms with Crippen LogP contribution in [0.1, 0.15) is 19.4 Å². The lowest BCUT2D eigenvalue weighted by Crippen LogP contribution is -2.37. The van der Waals surface area contributed by atoms with E-state index in [0.717, 1.165) is 18.0 Å². The van der Waals surface area contributed by atoms with E-state index in [2.05, 4.69) is 37.6 Å². The van der Waals surface area contributed by atoms with Gasteiger partial charge in [0.25, 0.3) is 0 Å². The SMILES string of the molecule is CCNC(Cc1cccc(Cl)c1)C(C)CSC. The first-order valence-corrected chi connectivity index (χ1v) is 7.91. The molecule has 0 aliphatic heterocycles. The normalized spacial score (nSPS) is 14.6. The Kier molecular flexibility index (Phi) is 7.02. The minimum atomic E-state index is 0.533. The first kappa shape index (κ1) is 14.9. The molecule has 0 saturated heterocycles. The molecule has 1 nitrogen and oxygen atoms in total. The molecule has 17 heavy (non-hydrogen) atoms. The van der Waals surface area contributed by atoms with Crippen molar-refractivity contribution in [3.63, 3.8) is 0 Å². The summed E-state index contributed by atoms with van der Waals surface area (Å²) in [6.07, 6.45) is 3.22. The number of nitrogens with one attached hydrogen (secondary N) is 1. The standard InChI is InChI=1S/C14H22ClNS/c1-4-16-14(11(2)10-17-3)9-12-6-5-7-13(15)8-12/h5-8,11,14,16H,4,9-10H2,1-3H3. The molecular weight excluding hydrogens is 250 g/mol. The Morgan fingerprint density at radius 3 is 2.76 bits per heavy atom. The zero-order valence-electron chi connectivity index (χ0n) is 10.9. The first-order valence-electron chi connectivity index (χ1n) is 6.14. The molecule has 0 heterocycles. The summed E-state index contributed by atoms with van der Waals surface area (Å²) in [4.78, 5) is 0. The molecule has 0 aromatic heterocycles. The van der Waals surface area contributed by atoms with Crippen molar-refractivity contribution in [2.75, 3.05) is 18.6 Å². The average Bonchev–Trinajstić information content (AvgIpc) is 2.29. The van der Waals surface area contributed by atoms with E-state index in [-0.39, 0.29) is 0 Å². The maximum atomic E-state index is 6.02. The lowest BCUT2D eigenvalue weighted by molar-refractivity contribution is 0.410. The number of thioether (sulfide) groups is 1. The van der Waals surface area contributed by atoms with Crippen molar-refractivity contribution >= 4 is 23.4 Å². The molecule has 2 atom stereocenters. The van der Waals surface area contributed by atoms with Crippen LogP contribution in [0.5, 0.6) is 0 Å². The number of benzene rings is 1. The number of rotatable bonds is 7. The minimum Gasteiger partial charge on any atom is -0.314 e. The lowest BCUT2D eigenvalue weighted by atomic mass is 9.96. The fourth-order valence-electron chi connectivity index (χ4n) is 2.03. The molecule has 0 fully saturated rings. The monoisotopic (exact) mass is 271 g/mol. The second-order valence-electron chi connectivity index (χ2n) is 4.43. The van der Waals surface area contributed by atoms with Gasteiger partial charge in [0, 0.05) is 11.1 Å². The van der Waals surface area contributed by atoms with Gasteiger partial charge in [-0.25, -0.2) is 0 Å². The van der Waals surface area contributed by atoms with Crippen LogP contribution in [0.3, 0.4) is 0 Å². The highest BCUT2D eigenvalue weighted by molar-refractivity contribution is 7.98. The average molecular weight is 272 g/mol. The molecule has 1 N–H and O–H groups in total. The molecule has 0 aliphatic carbocycles. The topological polar surface area (TPSA) is 12.0 Å². The highest BCUT2D eigenvalue weighted by atomic mass is 35.5. The van der Waals surface area contributed by atoms with Crippen molar-refractivity contribution < 1.29 is 0 Å². The molecule has 0 spiro atoms. The Hall–Kier alpha value is -0.180. The van der Waals surface area contributed by atoms with Gasteiger partial charge < -0.3 is 5.32 Å². The van der Waals surface area contributed by atoms with E-state index in [1.54, 1.807) is 0 Å². The third-order valence-corrected chi connectivity index (χ3v) is 4.02. The zero-order chi connectivity index (χ0) is 12.7. The van der Waals surface area contributed by atoms with Gasteiger partial charge in [0.05, 0.1) is 0 Å². The Bertz CT molecular complexity index is 330. The van der Waals surface area contributed by atoms with E-state index in [4.69, 9.17) is 11.6 Å². The molecule has 0 radical (unpaired) electrons. The summed E-state index contributed by atoms with van der Waals surface area (Å²) < 4.78 is 0. The van der Waals surface area contributed by atoms with Crippen LogP contribution in [0.2, 0.25) is 5.02 Å². The van der Waals surface area contributed by atoms with E-state index in [1.807, 2.05) is 23.9 Å². The maximum absolute atomic E-state index is 6.02. The van der Waals surface area contributed by atoms with Gasteiger partial charge in [-0.15, -0.1) is 0 Å². The predicted molar refractivity (Wildman–Crippen MR) is 80.2 cm³/mol. The van der Waals surface area contributed by atoms with Gasteiger partial charge in [0.2, 0.25) is 0 Å². The summed E-state index contributed by atoms with van der Waals surface area (Å²) in [5.74, 6) is 1.86. The molecule has 0 bridgehead atoms. The number of halogens is 1. The fraction of sp³-hybridized carbons (Fsp3) is 0.571. The molecule has 0 amide bonds. The number of likely N-dealkylation sites (N-methyl/N-ethyl adjacent to an activating group) is 1. The third-order valence-electron chi connectivity index (χ3n) is 2.93. The summed E-state index contributed by atoms with van der Waals surface area (Å²) >= 11 is 7.93. The van der Waals surface area contributed by atoms with Gasteiger partial charge in [-0.1, -0.05) is 37.6 Å². The van der Waals surface area contributed by atoms with Crippen molar-refractivity contribution in [2.45, 2.75) is 26.3 Å². The molecule has 2 unspecified atom stereocenters. The van der Waals surface area contributed by atoms with Crippen molar-refractivity contribution in [3.05, 3.63) is 34.9 Å². The van der Waals surface area contributed by atoms with Crippen LogP contribution in [0.15, 0.2) is 24.3 Å². The van der Waals surface area contributed by atoms with Crippen LogP contribution in [0, 0.1) is 5.92 Å². The maximum Gasteiger partial charge on any atom is 0.0408 e. The first-order chi connectivity index (χ1) is 8.17. The third kappa shape index (κ3) is 5.33. The van der Waals surface area contributed by atoms with Gasteiger partial charge in [-0.2, -0.15) is 11.8 Å². The minimum absolute atomic E-state index is 0.533. The van der Waals surface area contributed by atoms with Gasteiger partial charge in [0.15, 0.2) is 0 Å². The molecule has 1 aromatic carbocycles. The van der Waals surface area contributed by atoms with Crippen LogP contribution in [0.4, 0.5) is 0 Å². The van der Waals surface area contributed by atoms with Gasteiger partial charge in [-0.3, -0.25) is 0 Å². The van der Waals surface area contributed by atoms with Gasteiger partial charge >= 0.3 is 0 Å². The number of hydrogen-bond donors (Lipinski definition) is 1. The molecular formula is C14H22ClNS. The summed E-state index contributed by atoms with van der Waals surface area (Å²) in [6, 6.07) is 8.71. The van der Waals surface area contributed by atoms with E-state index in [0.29, 0.717) is 12.0 Å². The molecule has 1 aromatic rings. The van der Waals surface area contributed by atoms with Crippen LogP contribution in [-0.4, -0.2) is 24.6 Å². The Labute approximate surface area is 114 Å². The van der Waals surface area contributed by atoms with Crippen molar-refractivity contribution in [2.24, 2.45) is 5.92 Å². The van der Waals surface area contributed by atoms with Gasteiger partial charge in [-0.05, 0) is 48.6 Å². The second kappa shape index (κ2) is 8.02.